The number of halogens is 2. The maximum Gasteiger partial charge on any atom is 0.257 e. The number of hydrogen-bond acceptors (Lipinski definition) is 3. The molecule has 1 aromatic heterocycles. The Hall–Kier alpha value is -0.840. The third-order valence-electron chi connectivity index (χ3n) is 2.78. The van der Waals surface area contributed by atoms with Gasteiger partial charge >= 0.3 is 0 Å². The number of carbonyl (C=O) groups is 1. The lowest BCUT2D eigenvalue weighted by atomic mass is 10.1. The van der Waals surface area contributed by atoms with Gasteiger partial charge in [0.25, 0.3) is 5.91 Å². The molecule has 1 amide bonds. The monoisotopic (exact) mass is 274 g/mol. The fourth-order valence-electron chi connectivity index (χ4n) is 1.86. The Kier molecular flexibility index (Phi) is 3.30. The summed E-state index contributed by atoms with van der Waals surface area (Å²) in [5.41, 5.74) is -0.504. The first kappa shape index (κ1) is 12.6. The van der Waals surface area contributed by atoms with Crippen molar-refractivity contribution in [2.45, 2.75) is 18.9 Å². The predicted octanol–water partition coefficient (Wildman–Crippen LogP) is 1.99. The summed E-state index contributed by atoms with van der Waals surface area (Å²) < 4.78 is 0. The molecule has 1 N–H and O–H groups in total. The van der Waals surface area contributed by atoms with E-state index in [1.807, 2.05) is 0 Å². The van der Waals surface area contributed by atoms with Gasteiger partial charge in [-0.2, -0.15) is 0 Å². The van der Waals surface area contributed by atoms with E-state index < -0.39 is 5.60 Å². The van der Waals surface area contributed by atoms with Gasteiger partial charge in [-0.25, -0.2) is 4.98 Å². The van der Waals surface area contributed by atoms with E-state index in [2.05, 4.69) is 4.98 Å². The highest BCUT2D eigenvalue weighted by molar-refractivity contribution is 6.34. The first-order valence-electron chi connectivity index (χ1n) is 5.23. The van der Waals surface area contributed by atoms with Crippen LogP contribution in [-0.2, 0) is 0 Å². The minimum absolute atomic E-state index is 0.0917. The molecule has 1 atom stereocenters. The molecule has 1 fully saturated rings. The van der Waals surface area contributed by atoms with E-state index in [0.717, 1.165) is 0 Å². The Labute approximate surface area is 109 Å². The zero-order valence-corrected chi connectivity index (χ0v) is 10.8. The van der Waals surface area contributed by atoms with Gasteiger partial charge in [-0.3, -0.25) is 4.79 Å². The van der Waals surface area contributed by atoms with Gasteiger partial charge in [0.05, 0.1) is 11.2 Å². The van der Waals surface area contributed by atoms with E-state index in [0.29, 0.717) is 25.1 Å². The van der Waals surface area contributed by atoms with Crippen LogP contribution in [0.5, 0.6) is 0 Å². The van der Waals surface area contributed by atoms with Crippen molar-refractivity contribution in [3.8, 4) is 0 Å². The Morgan fingerprint density at radius 1 is 1.53 bits per heavy atom. The molecule has 92 valence electrons. The molecule has 4 nitrogen and oxygen atoms in total. The van der Waals surface area contributed by atoms with Crippen molar-refractivity contribution in [2.24, 2.45) is 0 Å². The maximum atomic E-state index is 12.1. The van der Waals surface area contributed by atoms with Gasteiger partial charge in [0, 0.05) is 13.1 Å². The average Bonchev–Trinajstić information content (AvgIpc) is 2.58. The highest BCUT2D eigenvalue weighted by Crippen LogP contribution is 2.24. The van der Waals surface area contributed by atoms with E-state index in [1.54, 1.807) is 17.9 Å². The van der Waals surface area contributed by atoms with Crippen LogP contribution in [0.4, 0.5) is 0 Å². The van der Waals surface area contributed by atoms with Crippen molar-refractivity contribution < 1.29 is 9.90 Å². The molecule has 0 radical (unpaired) electrons. The standard InChI is InChI=1S/C11H12Cl2N2O2/c1-11(17)4-5-15(6-11)10(16)7-2-3-8(12)14-9(7)13/h2-3,17H,4-6H2,1H3. The van der Waals surface area contributed by atoms with Crippen LogP contribution in [0.2, 0.25) is 10.3 Å². The lowest BCUT2D eigenvalue weighted by Crippen LogP contribution is -2.34. The number of aromatic nitrogens is 1. The van der Waals surface area contributed by atoms with Crippen LogP contribution in [-0.4, -0.2) is 39.6 Å². The molecule has 1 saturated heterocycles. The summed E-state index contributed by atoms with van der Waals surface area (Å²) in [6.07, 6.45) is 0.567. The van der Waals surface area contributed by atoms with Gasteiger partial charge in [0.15, 0.2) is 0 Å². The number of pyridine rings is 1. The highest BCUT2D eigenvalue weighted by atomic mass is 35.5. The number of hydrogen-bond donors (Lipinski definition) is 1. The first-order chi connectivity index (χ1) is 7.89. The molecule has 1 aliphatic heterocycles. The van der Waals surface area contributed by atoms with Gasteiger partial charge in [0.2, 0.25) is 0 Å². The molecule has 0 saturated carbocycles. The summed E-state index contributed by atoms with van der Waals surface area (Å²) in [6.45, 7) is 2.54. The summed E-state index contributed by atoms with van der Waals surface area (Å²) in [6, 6.07) is 3.07. The second-order valence-corrected chi connectivity index (χ2v) is 5.19. The lowest BCUT2D eigenvalue weighted by molar-refractivity contribution is 0.0572. The number of likely N-dealkylation sites (tertiary alicyclic amines) is 1. The number of carbonyl (C=O) groups excluding carboxylic acids is 1. The number of aliphatic hydroxyl groups is 1. The Bertz CT molecular complexity index is 463. The fraction of sp³-hybridized carbons (Fsp3) is 0.455. The third kappa shape index (κ3) is 2.70. The first-order valence-corrected chi connectivity index (χ1v) is 5.98. The second kappa shape index (κ2) is 4.44. The molecule has 1 aliphatic rings. The SMILES string of the molecule is CC1(O)CCN(C(=O)c2ccc(Cl)nc2Cl)C1. The predicted molar refractivity (Wildman–Crippen MR) is 65.4 cm³/mol. The molecule has 2 rings (SSSR count). The van der Waals surface area contributed by atoms with Crippen LogP contribution in [0.15, 0.2) is 12.1 Å². The zero-order chi connectivity index (χ0) is 12.6. The van der Waals surface area contributed by atoms with Gasteiger partial charge in [-0.15, -0.1) is 0 Å². The topological polar surface area (TPSA) is 53.4 Å². The van der Waals surface area contributed by atoms with Gasteiger partial charge in [-0.05, 0) is 25.5 Å². The molecule has 1 unspecified atom stereocenters. The van der Waals surface area contributed by atoms with Gasteiger partial charge in [0.1, 0.15) is 10.3 Å². The average molecular weight is 275 g/mol. The van der Waals surface area contributed by atoms with Crippen molar-refractivity contribution in [3.63, 3.8) is 0 Å². The van der Waals surface area contributed by atoms with Crippen LogP contribution in [0, 0.1) is 0 Å². The summed E-state index contributed by atoms with van der Waals surface area (Å²) in [4.78, 5) is 17.5. The quantitative estimate of drug-likeness (QED) is 0.797. The number of rotatable bonds is 1. The van der Waals surface area contributed by atoms with E-state index in [9.17, 15) is 9.90 Å². The Balaban J connectivity index is 2.21. The third-order valence-corrected chi connectivity index (χ3v) is 3.28. The van der Waals surface area contributed by atoms with Crippen molar-refractivity contribution in [1.29, 1.82) is 0 Å². The van der Waals surface area contributed by atoms with Crippen LogP contribution < -0.4 is 0 Å². The molecule has 17 heavy (non-hydrogen) atoms. The van der Waals surface area contributed by atoms with E-state index in [-0.39, 0.29) is 16.2 Å². The smallest absolute Gasteiger partial charge is 0.257 e. The number of β-amino-alcohol motifs (C(OH)–C–C–N with tert-alkyl or cyclic N) is 1. The normalized spacial score (nSPS) is 24.1. The number of amides is 1. The lowest BCUT2D eigenvalue weighted by Gasteiger charge is -2.19. The minimum Gasteiger partial charge on any atom is -0.388 e. The van der Waals surface area contributed by atoms with Crippen LogP contribution in [0.1, 0.15) is 23.7 Å². The molecule has 1 aromatic rings. The largest absolute Gasteiger partial charge is 0.388 e. The molecule has 0 spiro atoms. The molecule has 6 heteroatoms. The summed E-state index contributed by atoms with van der Waals surface area (Å²) in [7, 11) is 0. The van der Waals surface area contributed by atoms with Crippen molar-refractivity contribution in [2.75, 3.05) is 13.1 Å². The van der Waals surface area contributed by atoms with E-state index in [4.69, 9.17) is 23.2 Å². The highest BCUT2D eigenvalue weighted by Gasteiger charge is 2.34. The van der Waals surface area contributed by atoms with Crippen molar-refractivity contribution >= 4 is 29.1 Å². The molecule has 2 heterocycles. The Morgan fingerprint density at radius 3 is 2.76 bits per heavy atom. The summed E-state index contributed by atoms with van der Waals surface area (Å²) in [5, 5.41) is 10.2. The summed E-state index contributed by atoms with van der Waals surface area (Å²) in [5.74, 6) is -0.225. The van der Waals surface area contributed by atoms with Gasteiger partial charge in [-0.1, -0.05) is 23.2 Å². The second-order valence-electron chi connectivity index (χ2n) is 4.45. The molecule has 0 aliphatic carbocycles. The van der Waals surface area contributed by atoms with Crippen molar-refractivity contribution in [3.05, 3.63) is 28.0 Å². The van der Waals surface area contributed by atoms with Crippen LogP contribution in [0.25, 0.3) is 0 Å². The molecule has 0 aromatic carbocycles. The van der Waals surface area contributed by atoms with Crippen molar-refractivity contribution in [1.82, 2.24) is 9.88 Å². The Morgan fingerprint density at radius 2 is 2.24 bits per heavy atom. The van der Waals surface area contributed by atoms with Gasteiger partial charge < -0.3 is 10.0 Å². The minimum atomic E-state index is -0.817. The molecular formula is C11H12Cl2N2O2. The number of nitrogens with zero attached hydrogens (tertiary/aromatic N) is 2. The van der Waals surface area contributed by atoms with E-state index in [1.165, 1.54) is 6.07 Å². The van der Waals surface area contributed by atoms with Crippen LogP contribution in [0.3, 0.4) is 0 Å². The molecule has 0 bridgehead atoms. The fourth-order valence-corrected chi connectivity index (χ4v) is 2.29. The van der Waals surface area contributed by atoms with E-state index >= 15 is 0 Å². The summed E-state index contributed by atoms with van der Waals surface area (Å²) >= 11 is 11.5. The zero-order valence-electron chi connectivity index (χ0n) is 9.28. The maximum absolute atomic E-state index is 12.1. The molecular weight excluding hydrogens is 263 g/mol. The van der Waals surface area contributed by atoms with Crippen LogP contribution >= 0.6 is 23.2 Å².